The molecule has 1 fully saturated rings. The van der Waals surface area contributed by atoms with Gasteiger partial charge in [0.15, 0.2) is 29.2 Å². The second-order valence-electron chi connectivity index (χ2n) is 7.94. The smallest absolute Gasteiger partial charge is 0.231 e. The first-order chi connectivity index (χ1) is 14.2. The summed E-state index contributed by atoms with van der Waals surface area (Å²) in [7, 11) is 1.58. The van der Waals surface area contributed by atoms with E-state index in [-0.39, 0.29) is 30.6 Å². The van der Waals surface area contributed by atoms with Crippen molar-refractivity contribution >= 4 is 0 Å². The molecule has 6 nitrogen and oxygen atoms in total. The van der Waals surface area contributed by atoms with Gasteiger partial charge in [0.2, 0.25) is 6.79 Å². The molecule has 154 valence electrons. The highest BCUT2D eigenvalue weighted by atomic mass is 16.7. The number of hydrogen-bond donors (Lipinski definition) is 1. The number of ether oxygens (including phenoxy) is 4. The minimum absolute atomic E-state index is 0.0288. The van der Waals surface area contributed by atoms with Crippen LogP contribution in [0.1, 0.15) is 43.2 Å². The van der Waals surface area contributed by atoms with Crippen LogP contribution in [0.2, 0.25) is 0 Å². The molecule has 1 N–H and O–H groups in total. The van der Waals surface area contributed by atoms with Crippen molar-refractivity contribution in [3.8, 4) is 28.7 Å². The minimum atomic E-state index is -0.0361. The maximum absolute atomic E-state index is 11.0. The number of likely N-dealkylation sites (tertiary alicyclic amines) is 1. The van der Waals surface area contributed by atoms with Gasteiger partial charge >= 0.3 is 0 Å². The summed E-state index contributed by atoms with van der Waals surface area (Å²) in [6, 6.07) is 9.68. The minimum Gasteiger partial charge on any atom is -0.504 e. The van der Waals surface area contributed by atoms with Gasteiger partial charge in [0, 0.05) is 42.1 Å². The van der Waals surface area contributed by atoms with Gasteiger partial charge in [-0.3, -0.25) is 4.90 Å². The molecule has 0 unspecified atom stereocenters. The SMILES string of the molecule is CC[C@@H]1[C@H](c2cccc(OC)c2O)c2cc3c(cc2O[C@@H]1N1CCCC1)OCO3. The van der Waals surface area contributed by atoms with Crippen molar-refractivity contribution in [2.24, 2.45) is 5.92 Å². The van der Waals surface area contributed by atoms with Crippen LogP contribution in [-0.2, 0) is 0 Å². The van der Waals surface area contributed by atoms with Gasteiger partial charge in [-0.05, 0) is 31.4 Å². The number of aromatic hydroxyl groups is 1. The maximum atomic E-state index is 11.0. The van der Waals surface area contributed by atoms with Gasteiger partial charge in [-0.25, -0.2) is 0 Å². The average molecular weight is 397 g/mol. The van der Waals surface area contributed by atoms with Gasteiger partial charge in [-0.1, -0.05) is 19.1 Å². The molecule has 6 heteroatoms. The van der Waals surface area contributed by atoms with E-state index in [0.29, 0.717) is 11.5 Å². The summed E-state index contributed by atoms with van der Waals surface area (Å²) in [5.74, 6) is 3.11. The number of rotatable bonds is 4. The molecule has 5 rings (SSSR count). The molecule has 2 aromatic carbocycles. The topological polar surface area (TPSA) is 60.4 Å². The van der Waals surface area contributed by atoms with Crippen molar-refractivity contribution in [1.82, 2.24) is 4.90 Å². The zero-order chi connectivity index (χ0) is 20.0. The molecule has 0 amide bonds. The van der Waals surface area contributed by atoms with Crippen molar-refractivity contribution in [3.05, 3.63) is 41.5 Å². The average Bonchev–Trinajstić information content (AvgIpc) is 3.43. The largest absolute Gasteiger partial charge is 0.504 e. The quantitative estimate of drug-likeness (QED) is 0.838. The first kappa shape index (κ1) is 18.4. The van der Waals surface area contributed by atoms with E-state index >= 15 is 0 Å². The predicted molar refractivity (Wildman–Crippen MR) is 108 cm³/mol. The van der Waals surface area contributed by atoms with Crippen molar-refractivity contribution in [1.29, 1.82) is 0 Å². The summed E-state index contributed by atoms with van der Waals surface area (Å²) in [4.78, 5) is 2.44. The van der Waals surface area contributed by atoms with Crippen LogP contribution in [-0.4, -0.2) is 43.2 Å². The third-order valence-corrected chi connectivity index (χ3v) is 6.44. The lowest BCUT2D eigenvalue weighted by atomic mass is 9.75. The van der Waals surface area contributed by atoms with Gasteiger partial charge < -0.3 is 24.1 Å². The van der Waals surface area contributed by atoms with Crippen molar-refractivity contribution in [2.75, 3.05) is 27.0 Å². The third kappa shape index (κ3) is 2.97. The van der Waals surface area contributed by atoms with Gasteiger partial charge in [0.1, 0.15) is 5.75 Å². The predicted octanol–water partition coefficient (Wildman–Crippen LogP) is 4.10. The van der Waals surface area contributed by atoms with E-state index in [4.69, 9.17) is 18.9 Å². The normalized spacial score (nSPS) is 25.5. The van der Waals surface area contributed by atoms with E-state index in [2.05, 4.69) is 11.8 Å². The maximum Gasteiger partial charge on any atom is 0.231 e. The van der Waals surface area contributed by atoms with E-state index in [1.807, 2.05) is 24.3 Å². The molecular formula is C23H27NO5. The summed E-state index contributed by atoms with van der Waals surface area (Å²) < 4.78 is 23.2. The highest BCUT2D eigenvalue weighted by Gasteiger charge is 2.43. The van der Waals surface area contributed by atoms with Crippen LogP contribution in [0.15, 0.2) is 30.3 Å². The number of hydrogen-bond acceptors (Lipinski definition) is 6. The number of fused-ring (bicyclic) bond motifs is 2. The second-order valence-corrected chi connectivity index (χ2v) is 7.94. The molecule has 2 aromatic rings. The molecule has 3 heterocycles. The Morgan fingerprint density at radius 3 is 2.55 bits per heavy atom. The molecule has 0 bridgehead atoms. The van der Waals surface area contributed by atoms with Crippen LogP contribution in [0.4, 0.5) is 0 Å². The van der Waals surface area contributed by atoms with Gasteiger partial charge in [0.05, 0.1) is 7.11 Å². The summed E-state index contributed by atoms with van der Waals surface area (Å²) in [5, 5.41) is 11.0. The lowest BCUT2D eigenvalue weighted by molar-refractivity contribution is -0.0259. The Balaban J connectivity index is 1.68. The molecule has 1 saturated heterocycles. The Kier molecular flexibility index (Phi) is 4.66. The van der Waals surface area contributed by atoms with Crippen LogP contribution in [0, 0.1) is 5.92 Å². The standard InChI is InChI=1S/C23H27NO5/c1-3-14-21(15-7-6-8-17(26-2)22(15)25)16-11-19-20(28-13-27-19)12-18(16)29-23(14)24-9-4-5-10-24/h6-8,11-12,14,21,23,25H,3-5,9-10,13H2,1-2H3/t14-,21-,23+/m1/s1. The van der Waals surface area contributed by atoms with E-state index in [9.17, 15) is 5.11 Å². The summed E-state index contributed by atoms with van der Waals surface area (Å²) in [6.07, 6.45) is 3.28. The summed E-state index contributed by atoms with van der Waals surface area (Å²) in [5.41, 5.74) is 1.89. The fraction of sp³-hybridized carbons (Fsp3) is 0.478. The van der Waals surface area contributed by atoms with E-state index < -0.39 is 0 Å². The number of phenolic OH excluding ortho intramolecular Hbond substituents is 1. The lowest BCUT2D eigenvalue weighted by Crippen LogP contribution is -2.47. The Bertz CT molecular complexity index is 908. The van der Waals surface area contributed by atoms with Crippen LogP contribution in [0.3, 0.4) is 0 Å². The summed E-state index contributed by atoms with van der Waals surface area (Å²) in [6.45, 7) is 4.50. The Morgan fingerprint density at radius 2 is 1.83 bits per heavy atom. The first-order valence-electron chi connectivity index (χ1n) is 10.4. The van der Waals surface area contributed by atoms with E-state index in [1.165, 1.54) is 12.8 Å². The molecule has 3 aliphatic heterocycles. The van der Waals surface area contributed by atoms with E-state index in [1.54, 1.807) is 13.2 Å². The van der Waals surface area contributed by atoms with Crippen LogP contribution >= 0.6 is 0 Å². The molecular weight excluding hydrogens is 370 g/mol. The number of benzene rings is 2. The Morgan fingerprint density at radius 1 is 1.07 bits per heavy atom. The number of para-hydroxylation sites is 1. The fourth-order valence-electron chi connectivity index (χ4n) is 5.03. The Labute approximate surface area is 170 Å². The first-order valence-corrected chi connectivity index (χ1v) is 10.4. The van der Waals surface area contributed by atoms with Crippen molar-refractivity contribution in [2.45, 2.75) is 38.3 Å². The highest BCUT2D eigenvalue weighted by Crippen LogP contribution is 2.53. The van der Waals surface area contributed by atoms with Crippen LogP contribution < -0.4 is 18.9 Å². The zero-order valence-electron chi connectivity index (χ0n) is 16.9. The number of methoxy groups -OCH3 is 1. The monoisotopic (exact) mass is 397 g/mol. The van der Waals surface area contributed by atoms with E-state index in [0.717, 1.165) is 42.1 Å². The second kappa shape index (κ2) is 7.34. The third-order valence-electron chi connectivity index (χ3n) is 6.44. The fourth-order valence-corrected chi connectivity index (χ4v) is 5.03. The molecule has 0 spiro atoms. The Hall–Kier alpha value is -2.60. The lowest BCUT2D eigenvalue weighted by Gasteiger charge is -2.43. The zero-order valence-corrected chi connectivity index (χ0v) is 16.9. The summed E-state index contributed by atoms with van der Waals surface area (Å²) >= 11 is 0. The van der Waals surface area contributed by atoms with Gasteiger partial charge in [-0.2, -0.15) is 0 Å². The molecule has 0 aromatic heterocycles. The molecule has 0 saturated carbocycles. The van der Waals surface area contributed by atoms with Gasteiger partial charge in [0.25, 0.3) is 0 Å². The number of nitrogens with zero attached hydrogens (tertiary/aromatic N) is 1. The molecule has 0 aliphatic carbocycles. The van der Waals surface area contributed by atoms with Crippen molar-refractivity contribution < 1.29 is 24.1 Å². The molecule has 0 radical (unpaired) electrons. The molecule has 3 aliphatic rings. The van der Waals surface area contributed by atoms with Gasteiger partial charge in [-0.15, -0.1) is 0 Å². The number of phenols is 1. The highest BCUT2D eigenvalue weighted by molar-refractivity contribution is 5.59. The van der Waals surface area contributed by atoms with Crippen LogP contribution in [0.25, 0.3) is 0 Å². The molecule has 29 heavy (non-hydrogen) atoms. The molecule has 3 atom stereocenters. The van der Waals surface area contributed by atoms with Crippen molar-refractivity contribution in [3.63, 3.8) is 0 Å². The van der Waals surface area contributed by atoms with Crippen LogP contribution in [0.5, 0.6) is 28.7 Å².